The summed E-state index contributed by atoms with van der Waals surface area (Å²) in [6, 6.07) is 11.3. The number of aryl methyl sites for hydroxylation is 1. The smallest absolute Gasteiger partial charge is 0.337 e. The topological polar surface area (TPSA) is 55.8 Å². The van der Waals surface area contributed by atoms with E-state index in [0.717, 1.165) is 29.7 Å². The lowest BCUT2D eigenvalue weighted by Crippen LogP contribution is -2.42. The summed E-state index contributed by atoms with van der Waals surface area (Å²) >= 11 is 0. The zero-order valence-corrected chi connectivity index (χ0v) is 15.1. The van der Waals surface area contributed by atoms with Crippen LogP contribution < -0.4 is 4.74 Å². The predicted octanol–water partition coefficient (Wildman–Crippen LogP) is 3.34. The van der Waals surface area contributed by atoms with Gasteiger partial charge < -0.3 is 14.4 Å². The van der Waals surface area contributed by atoms with Crippen LogP contribution in [0.25, 0.3) is 0 Å². The summed E-state index contributed by atoms with van der Waals surface area (Å²) in [5, 5.41) is 0. The van der Waals surface area contributed by atoms with Crippen LogP contribution in [0, 0.1) is 0 Å². The maximum atomic E-state index is 12.9. The van der Waals surface area contributed by atoms with E-state index in [-0.39, 0.29) is 23.8 Å². The molecule has 0 spiro atoms. The predicted molar refractivity (Wildman–Crippen MR) is 96.7 cm³/mol. The molecule has 2 aliphatic rings. The van der Waals surface area contributed by atoms with Gasteiger partial charge in [-0.15, -0.1) is 0 Å². The molecule has 5 nitrogen and oxygen atoms in total. The first-order valence-electron chi connectivity index (χ1n) is 8.71. The SMILES string of the molecule is COC(=O)c1ccc2c(c1)C1CCc3cc(OC)ccc3C1N(C)C2=O. The number of hydrogen-bond donors (Lipinski definition) is 0. The Labute approximate surface area is 152 Å². The number of nitrogens with zero attached hydrogens (tertiary/aromatic N) is 1. The van der Waals surface area contributed by atoms with E-state index in [2.05, 4.69) is 12.1 Å². The van der Waals surface area contributed by atoms with Crippen molar-refractivity contribution in [3.63, 3.8) is 0 Å². The second-order valence-electron chi connectivity index (χ2n) is 6.86. The molecule has 4 rings (SSSR count). The van der Waals surface area contributed by atoms with E-state index in [9.17, 15) is 9.59 Å². The van der Waals surface area contributed by atoms with Gasteiger partial charge in [-0.05, 0) is 59.9 Å². The highest BCUT2D eigenvalue weighted by Crippen LogP contribution is 2.49. The lowest BCUT2D eigenvalue weighted by molar-refractivity contribution is 0.0595. The molecule has 0 fully saturated rings. The lowest BCUT2D eigenvalue weighted by atomic mass is 9.72. The van der Waals surface area contributed by atoms with Gasteiger partial charge in [-0.3, -0.25) is 4.79 Å². The minimum Gasteiger partial charge on any atom is -0.497 e. The second kappa shape index (κ2) is 6.16. The Hall–Kier alpha value is -2.82. The van der Waals surface area contributed by atoms with Crippen LogP contribution in [0.15, 0.2) is 36.4 Å². The molecular weight excluding hydrogens is 330 g/mol. The fourth-order valence-electron chi connectivity index (χ4n) is 4.33. The summed E-state index contributed by atoms with van der Waals surface area (Å²) in [4.78, 5) is 26.7. The standard InChI is InChI=1S/C21H21NO4/c1-22-19-15-9-6-14(25-2)10-12(15)4-7-16(19)18-11-13(21(24)26-3)5-8-17(18)20(22)23/h5-6,8-11,16,19H,4,7H2,1-3H3. The first-order valence-corrected chi connectivity index (χ1v) is 8.71. The van der Waals surface area contributed by atoms with Crippen LogP contribution in [0.3, 0.4) is 0 Å². The summed E-state index contributed by atoms with van der Waals surface area (Å²) in [6.45, 7) is 0. The third-order valence-corrected chi connectivity index (χ3v) is 5.61. The van der Waals surface area contributed by atoms with Crippen LogP contribution in [0.1, 0.15) is 55.8 Å². The van der Waals surface area contributed by atoms with E-state index in [1.54, 1.807) is 19.2 Å². The summed E-state index contributed by atoms with van der Waals surface area (Å²) in [5.41, 5.74) is 4.49. The molecular formula is C21H21NO4. The zero-order valence-electron chi connectivity index (χ0n) is 15.1. The fourth-order valence-corrected chi connectivity index (χ4v) is 4.33. The van der Waals surface area contributed by atoms with E-state index < -0.39 is 0 Å². The number of methoxy groups -OCH3 is 2. The molecule has 2 unspecified atom stereocenters. The minimum atomic E-state index is -0.378. The molecule has 1 heterocycles. The number of carbonyl (C=O) groups is 2. The number of benzene rings is 2. The van der Waals surface area contributed by atoms with Crippen molar-refractivity contribution in [1.29, 1.82) is 0 Å². The first kappa shape index (κ1) is 16.6. The summed E-state index contributed by atoms with van der Waals surface area (Å²) in [7, 11) is 4.89. The van der Waals surface area contributed by atoms with Crippen LogP contribution in [-0.2, 0) is 11.2 Å². The van der Waals surface area contributed by atoms with Gasteiger partial charge in [0.15, 0.2) is 0 Å². The Balaban J connectivity index is 1.84. The lowest BCUT2D eigenvalue weighted by Gasteiger charge is -2.44. The van der Waals surface area contributed by atoms with Crippen LogP contribution in [-0.4, -0.2) is 38.0 Å². The van der Waals surface area contributed by atoms with Crippen LogP contribution in [0.5, 0.6) is 5.75 Å². The maximum absolute atomic E-state index is 12.9. The Morgan fingerprint density at radius 1 is 1.12 bits per heavy atom. The van der Waals surface area contributed by atoms with Gasteiger partial charge in [-0.2, -0.15) is 0 Å². The van der Waals surface area contributed by atoms with Gasteiger partial charge in [0.2, 0.25) is 0 Å². The number of esters is 1. The monoisotopic (exact) mass is 351 g/mol. The summed E-state index contributed by atoms with van der Waals surface area (Å²) in [5.74, 6) is 0.608. The van der Waals surface area contributed by atoms with E-state index in [1.165, 1.54) is 12.7 Å². The van der Waals surface area contributed by atoms with Gasteiger partial charge in [0.25, 0.3) is 5.91 Å². The van der Waals surface area contributed by atoms with Gasteiger partial charge in [0.05, 0.1) is 25.8 Å². The molecule has 1 aliphatic heterocycles. The Morgan fingerprint density at radius 3 is 2.65 bits per heavy atom. The maximum Gasteiger partial charge on any atom is 0.337 e. The van der Waals surface area contributed by atoms with Crippen molar-refractivity contribution in [2.24, 2.45) is 0 Å². The van der Waals surface area contributed by atoms with Crippen molar-refractivity contribution in [3.8, 4) is 5.75 Å². The normalized spacial score (nSPS) is 20.7. The summed E-state index contributed by atoms with van der Waals surface area (Å²) in [6.07, 6.45) is 1.83. The molecule has 0 aromatic heterocycles. The molecule has 134 valence electrons. The Morgan fingerprint density at radius 2 is 1.92 bits per heavy atom. The van der Waals surface area contributed by atoms with E-state index in [1.807, 2.05) is 24.1 Å². The number of amides is 1. The Bertz CT molecular complexity index is 905. The number of likely N-dealkylation sites (N-methyl/N-ethyl adjacent to an activating group) is 1. The van der Waals surface area contributed by atoms with Gasteiger partial charge in [0, 0.05) is 18.5 Å². The number of fused-ring (bicyclic) bond motifs is 5. The molecule has 1 amide bonds. The largest absolute Gasteiger partial charge is 0.497 e. The quantitative estimate of drug-likeness (QED) is 0.779. The first-order chi connectivity index (χ1) is 12.5. The van der Waals surface area contributed by atoms with Crippen LogP contribution >= 0.6 is 0 Å². The number of carbonyl (C=O) groups excluding carboxylic acids is 2. The third-order valence-electron chi connectivity index (χ3n) is 5.61. The second-order valence-corrected chi connectivity index (χ2v) is 6.86. The van der Waals surface area contributed by atoms with Crippen molar-refractivity contribution in [2.75, 3.05) is 21.3 Å². The molecule has 26 heavy (non-hydrogen) atoms. The van der Waals surface area contributed by atoms with Crippen LogP contribution in [0.4, 0.5) is 0 Å². The summed E-state index contributed by atoms with van der Waals surface area (Å²) < 4.78 is 10.2. The molecule has 0 saturated carbocycles. The van der Waals surface area contributed by atoms with Crippen molar-refractivity contribution >= 4 is 11.9 Å². The molecule has 2 aromatic carbocycles. The Kier molecular flexibility index (Phi) is 3.94. The average Bonchev–Trinajstić information content (AvgIpc) is 2.69. The van der Waals surface area contributed by atoms with E-state index >= 15 is 0 Å². The highest BCUT2D eigenvalue weighted by molar-refractivity contribution is 5.99. The molecule has 1 aliphatic carbocycles. The third kappa shape index (κ3) is 2.38. The van der Waals surface area contributed by atoms with Crippen molar-refractivity contribution in [3.05, 3.63) is 64.2 Å². The van der Waals surface area contributed by atoms with Crippen molar-refractivity contribution < 1.29 is 19.1 Å². The zero-order chi connectivity index (χ0) is 18.4. The molecule has 0 N–H and O–H groups in total. The molecule has 0 saturated heterocycles. The highest BCUT2D eigenvalue weighted by Gasteiger charge is 2.41. The molecule has 2 atom stereocenters. The number of rotatable bonds is 2. The van der Waals surface area contributed by atoms with Gasteiger partial charge in [-0.1, -0.05) is 6.07 Å². The minimum absolute atomic E-state index is 0.0127. The van der Waals surface area contributed by atoms with Gasteiger partial charge >= 0.3 is 5.97 Å². The number of ether oxygens (including phenoxy) is 2. The van der Waals surface area contributed by atoms with E-state index in [0.29, 0.717) is 11.1 Å². The fraction of sp³-hybridized carbons (Fsp3) is 0.333. The number of hydrogen-bond acceptors (Lipinski definition) is 4. The van der Waals surface area contributed by atoms with Crippen molar-refractivity contribution in [2.45, 2.75) is 24.8 Å². The molecule has 2 aromatic rings. The molecule has 0 bridgehead atoms. The van der Waals surface area contributed by atoms with E-state index in [4.69, 9.17) is 9.47 Å². The molecule has 5 heteroatoms. The molecule has 0 radical (unpaired) electrons. The van der Waals surface area contributed by atoms with Crippen molar-refractivity contribution in [1.82, 2.24) is 4.90 Å². The van der Waals surface area contributed by atoms with Gasteiger partial charge in [0.1, 0.15) is 5.75 Å². The van der Waals surface area contributed by atoms with Gasteiger partial charge in [-0.25, -0.2) is 4.79 Å². The van der Waals surface area contributed by atoms with Crippen LogP contribution in [0.2, 0.25) is 0 Å². The highest BCUT2D eigenvalue weighted by atomic mass is 16.5. The average molecular weight is 351 g/mol.